The van der Waals surface area contributed by atoms with Crippen molar-refractivity contribution in [2.45, 2.75) is 50.7 Å². The number of rotatable bonds is 4. The summed E-state index contributed by atoms with van der Waals surface area (Å²) in [6, 6.07) is 4.20. The lowest BCUT2D eigenvalue weighted by Gasteiger charge is -2.19. The molecule has 3 rings (SSSR count). The summed E-state index contributed by atoms with van der Waals surface area (Å²) in [6.45, 7) is 0.689. The van der Waals surface area contributed by atoms with Crippen molar-refractivity contribution in [1.29, 1.82) is 0 Å². The van der Waals surface area contributed by atoms with Crippen molar-refractivity contribution in [2.24, 2.45) is 0 Å². The normalized spacial score (nSPS) is 32.4. The van der Waals surface area contributed by atoms with Crippen LogP contribution in [0.1, 0.15) is 30.8 Å². The molecule has 0 amide bonds. The molecule has 4 nitrogen and oxygen atoms in total. The first-order valence-electron chi connectivity index (χ1n) is 5.92. The molecule has 3 atom stereocenters. The summed E-state index contributed by atoms with van der Waals surface area (Å²) in [6.07, 6.45) is 4.41. The van der Waals surface area contributed by atoms with Gasteiger partial charge >= 0.3 is 0 Å². The van der Waals surface area contributed by atoms with Gasteiger partial charge in [-0.1, -0.05) is 0 Å². The Balaban J connectivity index is 1.53. The molecular formula is C12H17NO3. The zero-order valence-corrected chi connectivity index (χ0v) is 9.19. The van der Waals surface area contributed by atoms with Gasteiger partial charge in [0.2, 0.25) is 0 Å². The predicted octanol–water partition coefficient (Wildman–Crippen LogP) is 1.18. The molecule has 1 aromatic heterocycles. The molecule has 88 valence electrons. The molecule has 0 spiro atoms. The van der Waals surface area contributed by atoms with E-state index in [0.717, 1.165) is 18.7 Å². The van der Waals surface area contributed by atoms with E-state index in [2.05, 4.69) is 5.32 Å². The number of nitrogens with one attached hydrogen (secondary N) is 1. The van der Waals surface area contributed by atoms with Gasteiger partial charge in [0, 0.05) is 6.04 Å². The number of hydrogen-bond donors (Lipinski definition) is 2. The van der Waals surface area contributed by atoms with Gasteiger partial charge in [0.05, 0.1) is 18.8 Å². The Morgan fingerprint density at radius 1 is 1.31 bits per heavy atom. The third-order valence-electron chi connectivity index (χ3n) is 3.52. The molecule has 1 aromatic rings. The summed E-state index contributed by atoms with van der Waals surface area (Å²) >= 11 is 0. The summed E-state index contributed by atoms with van der Waals surface area (Å²) in [5, 5.41) is 12.3. The Hall–Kier alpha value is -0.840. The maximum absolute atomic E-state index is 8.88. The van der Waals surface area contributed by atoms with Crippen molar-refractivity contribution in [3.8, 4) is 0 Å². The van der Waals surface area contributed by atoms with Crippen molar-refractivity contribution in [3.63, 3.8) is 0 Å². The van der Waals surface area contributed by atoms with Gasteiger partial charge in [-0.05, 0) is 31.4 Å². The molecule has 2 bridgehead atoms. The predicted molar refractivity (Wildman–Crippen MR) is 57.8 cm³/mol. The van der Waals surface area contributed by atoms with Crippen LogP contribution in [0.15, 0.2) is 16.5 Å². The minimum atomic E-state index is -0.0305. The molecule has 2 aliphatic heterocycles. The first-order chi connectivity index (χ1) is 7.85. The quantitative estimate of drug-likeness (QED) is 0.805. The maximum atomic E-state index is 8.88. The molecule has 0 saturated carbocycles. The van der Waals surface area contributed by atoms with Crippen LogP contribution in [0.4, 0.5) is 0 Å². The fourth-order valence-electron chi connectivity index (χ4n) is 2.69. The Morgan fingerprint density at radius 2 is 2.19 bits per heavy atom. The third kappa shape index (κ3) is 1.88. The van der Waals surface area contributed by atoms with E-state index in [-0.39, 0.29) is 6.61 Å². The van der Waals surface area contributed by atoms with Gasteiger partial charge in [-0.15, -0.1) is 0 Å². The second kappa shape index (κ2) is 4.20. The number of ether oxygens (including phenoxy) is 1. The molecule has 0 aromatic carbocycles. The minimum Gasteiger partial charge on any atom is -0.462 e. The Bertz CT molecular complexity index is 363. The zero-order chi connectivity index (χ0) is 11.0. The van der Waals surface area contributed by atoms with Crippen molar-refractivity contribution >= 4 is 0 Å². The van der Waals surface area contributed by atoms with Gasteiger partial charge in [-0.3, -0.25) is 0 Å². The van der Waals surface area contributed by atoms with Crippen LogP contribution in [0, 0.1) is 0 Å². The lowest BCUT2D eigenvalue weighted by atomic mass is 9.95. The first-order valence-corrected chi connectivity index (χ1v) is 5.92. The number of furan rings is 1. The molecule has 3 unspecified atom stereocenters. The SMILES string of the molecule is OCc1ccc(CNC2CC3CCC2O3)o1. The molecule has 0 aliphatic carbocycles. The van der Waals surface area contributed by atoms with Crippen LogP contribution in [0.3, 0.4) is 0 Å². The van der Waals surface area contributed by atoms with Crippen molar-refractivity contribution in [3.05, 3.63) is 23.7 Å². The fourth-order valence-corrected chi connectivity index (χ4v) is 2.69. The van der Waals surface area contributed by atoms with Gasteiger partial charge in [-0.2, -0.15) is 0 Å². The third-order valence-corrected chi connectivity index (χ3v) is 3.52. The topological polar surface area (TPSA) is 54.6 Å². The molecule has 2 fully saturated rings. The number of aliphatic hydroxyl groups excluding tert-OH is 1. The highest BCUT2D eigenvalue weighted by Crippen LogP contribution is 2.34. The molecule has 4 heteroatoms. The van der Waals surface area contributed by atoms with Gasteiger partial charge in [0.25, 0.3) is 0 Å². The van der Waals surface area contributed by atoms with Crippen molar-refractivity contribution in [2.75, 3.05) is 0 Å². The average Bonchev–Trinajstić information content (AvgIpc) is 3.02. The van der Waals surface area contributed by atoms with Crippen LogP contribution in [-0.4, -0.2) is 23.4 Å². The second-order valence-electron chi connectivity index (χ2n) is 4.62. The van der Waals surface area contributed by atoms with Gasteiger partial charge in [0.15, 0.2) is 0 Å². The van der Waals surface area contributed by atoms with E-state index in [1.807, 2.05) is 12.1 Å². The van der Waals surface area contributed by atoms with E-state index >= 15 is 0 Å². The standard InChI is InChI=1S/C12H17NO3/c14-7-10-2-1-9(15-10)6-13-11-5-8-3-4-12(11)16-8/h1-2,8,11-14H,3-7H2. The Kier molecular flexibility index (Phi) is 2.71. The number of hydrogen-bond acceptors (Lipinski definition) is 4. The largest absolute Gasteiger partial charge is 0.462 e. The molecule has 2 aliphatic rings. The summed E-state index contributed by atoms with van der Waals surface area (Å²) in [7, 11) is 0. The van der Waals surface area contributed by atoms with E-state index in [4.69, 9.17) is 14.3 Å². The highest BCUT2D eigenvalue weighted by Gasteiger charge is 2.40. The van der Waals surface area contributed by atoms with Crippen LogP contribution in [0.2, 0.25) is 0 Å². The second-order valence-corrected chi connectivity index (χ2v) is 4.62. The zero-order valence-electron chi connectivity index (χ0n) is 9.19. The average molecular weight is 223 g/mol. The smallest absolute Gasteiger partial charge is 0.129 e. The van der Waals surface area contributed by atoms with Crippen molar-refractivity contribution in [1.82, 2.24) is 5.32 Å². The van der Waals surface area contributed by atoms with Gasteiger partial charge < -0.3 is 19.6 Å². The molecular weight excluding hydrogens is 206 g/mol. The Labute approximate surface area is 94.6 Å². The van der Waals surface area contributed by atoms with Crippen molar-refractivity contribution < 1.29 is 14.3 Å². The summed E-state index contributed by atoms with van der Waals surface area (Å²) in [4.78, 5) is 0. The highest BCUT2D eigenvalue weighted by atomic mass is 16.5. The maximum Gasteiger partial charge on any atom is 0.129 e. The van der Waals surface area contributed by atoms with E-state index in [1.54, 1.807) is 0 Å². The van der Waals surface area contributed by atoms with E-state index in [0.29, 0.717) is 24.0 Å². The van der Waals surface area contributed by atoms with E-state index < -0.39 is 0 Å². The van der Waals surface area contributed by atoms with Crippen LogP contribution >= 0.6 is 0 Å². The van der Waals surface area contributed by atoms with Gasteiger partial charge in [0.1, 0.15) is 18.1 Å². The lowest BCUT2D eigenvalue weighted by molar-refractivity contribution is 0.0970. The molecule has 16 heavy (non-hydrogen) atoms. The van der Waals surface area contributed by atoms with Crippen LogP contribution in [0.25, 0.3) is 0 Å². The van der Waals surface area contributed by atoms with Gasteiger partial charge in [-0.25, -0.2) is 0 Å². The highest BCUT2D eigenvalue weighted by molar-refractivity contribution is 5.06. The monoisotopic (exact) mass is 223 g/mol. The molecule has 3 heterocycles. The molecule has 2 N–H and O–H groups in total. The summed E-state index contributed by atoms with van der Waals surface area (Å²) < 4.78 is 11.2. The van der Waals surface area contributed by atoms with Crippen LogP contribution < -0.4 is 5.32 Å². The summed E-state index contributed by atoms with van der Waals surface area (Å²) in [5.74, 6) is 1.51. The van der Waals surface area contributed by atoms with Crippen LogP contribution in [-0.2, 0) is 17.9 Å². The number of fused-ring (bicyclic) bond motifs is 2. The lowest BCUT2D eigenvalue weighted by Crippen LogP contribution is -2.36. The van der Waals surface area contributed by atoms with E-state index in [9.17, 15) is 0 Å². The Morgan fingerprint density at radius 3 is 2.81 bits per heavy atom. The summed E-state index contributed by atoms with van der Waals surface area (Å²) in [5.41, 5.74) is 0. The fraction of sp³-hybridized carbons (Fsp3) is 0.667. The number of aliphatic hydroxyl groups is 1. The molecule has 0 radical (unpaired) electrons. The minimum absolute atomic E-state index is 0.0305. The molecule has 2 saturated heterocycles. The first kappa shape index (κ1) is 10.3. The van der Waals surface area contributed by atoms with E-state index in [1.165, 1.54) is 12.8 Å². The van der Waals surface area contributed by atoms with Crippen LogP contribution in [0.5, 0.6) is 0 Å².